The van der Waals surface area contributed by atoms with Crippen LogP contribution in [0.2, 0.25) is 0 Å². The molecule has 0 saturated heterocycles. The summed E-state index contributed by atoms with van der Waals surface area (Å²) in [5.41, 5.74) is 4.74. The number of nitrogens with one attached hydrogen (secondary N) is 1. The highest BCUT2D eigenvalue weighted by Crippen LogP contribution is 2.13. The molecule has 0 aliphatic carbocycles. The van der Waals surface area contributed by atoms with E-state index in [1.54, 1.807) is 7.05 Å². The summed E-state index contributed by atoms with van der Waals surface area (Å²) >= 11 is 0. The van der Waals surface area contributed by atoms with Crippen LogP contribution < -0.4 is 15.8 Å². The first-order valence-corrected chi connectivity index (χ1v) is 7.33. The van der Waals surface area contributed by atoms with Gasteiger partial charge in [-0.05, 0) is 45.4 Å². The third-order valence-corrected chi connectivity index (χ3v) is 3.55. The minimum atomic E-state index is -0.629. The normalized spacial score (nSPS) is 13.6. The number of ether oxygens (including phenoxy) is 2. The van der Waals surface area contributed by atoms with E-state index in [2.05, 4.69) is 5.32 Å². The van der Waals surface area contributed by atoms with E-state index < -0.39 is 5.54 Å². The lowest BCUT2D eigenvalue weighted by Gasteiger charge is -2.25. The highest BCUT2D eigenvalue weighted by atomic mass is 16.5. The topological polar surface area (TPSA) is 73.6 Å². The molecule has 1 aromatic rings. The quantitative estimate of drug-likeness (QED) is 0.609. The molecule has 0 aromatic heterocycles. The zero-order valence-electron chi connectivity index (χ0n) is 12.9. The second-order valence-corrected chi connectivity index (χ2v) is 5.18. The molecule has 1 aromatic carbocycles. The van der Waals surface area contributed by atoms with Crippen LogP contribution in [0, 0.1) is 0 Å². The molecule has 118 valence electrons. The van der Waals surface area contributed by atoms with Crippen LogP contribution in [0.5, 0.6) is 5.75 Å². The van der Waals surface area contributed by atoms with Crippen molar-refractivity contribution >= 4 is 5.91 Å². The number of likely N-dealkylation sites (N-methyl/N-ethyl adjacent to an activating group) is 1. The van der Waals surface area contributed by atoms with Gasteiger partial charge in [0.05, 0.1) is 12.1 Å². The van der Waals surface area contributed by atoms with E-state index in [1.165, 1.54) is 0 Å². The van der Waals surface area contributed by atoms with Gasteiger partial charge in [0.1, 0.15) is 12.4 Å². The lowest BCUT2D eigenvalue weighted by molar-refractivity contribution is -0.123. The van der Waals surface area contributed by atoms with Gasteiger partial charge in [-0.1, -0.05) is 18.2 Å². The number of rotatable bonds is 11. The third-order valence-electron chi connectivity index (χ3n) is 3.55. The van der Waals surface area contributed by atoms with Gasteiger partial charge >= 0.3 is 0 Å². The van der Waals surface area contributed by atoms with Crippen molar-refractivity contribution in [1.82, 2.24) is 5.32 Å². The number of nitrogens with two attached hydrogens (primary N) is 1. The minimum absolute atomic E-state index is 0.317. The Labute approximate surface area is 126 Å². The van der Waals surface area contributed by atoms with E-state index in [1.807, 2.05) is 37.3 Å². The molecule has 5 heteroatoms. The number of carbonyl (C=O) groups excluding carboxylic acids is 1. The summed E-state index contributed by atoms with van der Waals surface area (Å²) in [6.07, 6.45) is 2.50. The van der Waals surface area contributed by atoms with Crippen molar-refractivity contribution in [3.63, 3.8) is 0 Å². The monoisotopic (exact) mass is 294 g/mol. The summed E-state index contributed by atoms with van der Waals surface area (Å²) in [6.45, 7) is 3.59. The van der Waals surface area contributed by atoms with Gasteiger partial charge in [-0.15, -0.1) is 0 Å². The Balaban J connectivity index is 2.01. The molecule has 0 saturated carbocycles. The van der Waals surface area contributed by atoms with Crippen molar-refractivity contribution in [2.24, 2.45) is 5.73 Å². The summed E-state index contributed by atoms with van der Waals surface area (Å²) < 4.78 is 11.0. The van der Waals surface area contributed by atoms with Crippen LogP contribution in [-0.4, -0.2) is 38.3 Å². The molecular weight excluding hydrogens is 268 g/mol. The SMILES string of the molecule is CNC(C)(CCCCOCCOc1ccccc1)C(N)=O. The first-order chi connectivity index (χ1) is 10.1. The molecule has 0 bridgehead atoms. The average molecular weight is 294 g/mol. The van der Waals surface area contributed by atoms with Gasteiger partial charge in [0, 0.05) is 6.61 Å². The second-order valence-electron chi connectivity index (χ2n) is 5.18. The van der Waals surface area contributed by atoms with Gasteiger partial charge in [-0.25, -0.2) is 0 Å². The highest BCUT2D eigenvalue weighted by Gasteiger charge is 2.27. The van der Waals surface area contributed by atoms with Crippen LogP contribution in [-0.2, 0) is 9.53 Å². The standard InChI is InChI=1S/C16H26N2O3/c1-16(18-2,15(17)19)10-6-7-11-20-12-13-21-14-8-4-3-5-9-14/h3-5,8-9,18H,6-7,10-13H2,1-2H3,(H2,17,19). The Morgan fingerprint density at radius 2 is 1.90 bits per heavy atom. The lowest BCUT2D eigenvalue weighted by atomic mass is 9.94. The molecule has 0 fully saturated rings. The Kier molecular flexibility index (Phi) is 7.79. The molecule has 0 spiro atoms. The number of unbranched alkanes of at least 4 members (excludes halogenated alkanes) is 1. The number of carbonyl (C=O) groups is 1. The first-order valence-electron chi connectivity index (χ1n) is 7.33. The first kappa shape index (κ1) is 17.5. The Hall–Kier alpha value is -1.59. The molecule has 0 heterocycles. The smallest absolute Gasteiger partial charge is 0.237 e. The number of benzene rings is 1. The fourth-order valence-electron chi connectivity index (χ4n) is 1.89. The number of primary amides is 1. The maximum atomic E-state index is 11.3. The highest BCUT2D eigenvalue weighted by molar-refractivity contribution is 5.84. The van der Waals surface area contributed by atoms with E-state index in [9.17, 15) is 4.79 Å². The molecule has 3 N–H and O–H groups in total. The van der Waals surface area contributed by atoms with Gasteiger partial charge in [0.15, 0.2) is 0 Å². The van der Waals surface area contributed by atoms with E-state index in [0.29, 0.717) is 26.2 Å². The van der Waals surface area contributed by atoms with Gasteiger partial charge < -0.3 is 20.5 Å². The predicted octanol–water partition coefficient (Wildman–Crippen LogP) is 1.72. The number of hydrogen-bond acceptors (Lipinski definition) is 4. The van der Waals surface area contributed by atoms with E-state index >= 15 is 0 Å². The molecular formula is C16H26N2O3. The fourth-order valence-corrected chi connectivity index (χ4v) is 1.89. The van der Waals surface area contributed by atoms with Crippen molar-refractivity contribution in [3.05, 3.63) is 30.3 Å². The van der Waals surface area contributed by atoms with Crippen LogP contribution in [0.25, 0.3) is 0 Å². The molecule has 5 nitrogen and oxygen atoms in total. The molecule has 1 unspecified atom stereocenters. The molecule has 21 heavy (non-hydrogen) atoms. The molecule has 0 aliphatic rings. The summed E-state index contributed by atoms with van der Waals surface area (Å²) in [6, 6.07) is 9.67. The summed E-state index contributed by atoms with van der Waals surface area (Å²) in [4.78, 5) is 11.3. The number of amides is 1. The van der Waals surface area contributed by atoms with Crippen molar-refractivity contribution < 1.29 is 14.3 Å². The third kappa shape index (κ3) is 6.60. The van der Waals surface area contributed by atoms with Crippen LogP contribution >= 0.6 is 0 Å². The van der Waals surface area contributed by atoms with E-state index in [0.717, 1.165) is 18.6 Å². The maximum absolute atomic E-state index is 11.3. The molecule has 1 amide bonds. The van der Waals surface area contributed by atoms with Gasteiger partial charge in [0.2, 0.25) is 5.91 Å². The maximum Gasteiger partial charge on any atom is 0.237 e. The fraction of sp³-hybridized carbons (Fsp3) is 0.562. The summed E-state index contributed by atoms with van der Waals surface area (Å²) in [5, 5.41) is 2.97. The minimum Gasteiger partial charge on any atom is -0.491 e. The molecule has 1 rings (SSSR count). The van der Waals surface area contributed by atoms with Crippen LogP contribution in [0.1, 0.15) is 26.2 Å². The average Bonchev–Trinajstić information content (AvgIpc) is 2.50. The van der Waals surface area contributed by atoms with E-state index in [4.69, 9.17) is 15.2 Å². The summed E-state index contributed by atoms with van der Waals surface area (Å²) in [5.74, 6) is 0.537. The van der Waals surface area contributed by atoms with E-state index in [-0.39, 0.29) is 5.91 Å². The van der Waals surface area contributed by atoms with Crippen LogP contribution in [0.15, 0.2) is 30.3 Å². The molecule has 0 aliphatic heterocycles. The van der Waals surface area contributed by atoms with Gasteiger partial charge in [-0.3, -0.25) is 4.79 Å². The number of hydrogen-bond donors (Lipinski definition) is 2. The van der Waals surface area contributed by atoms with Gasteiger partial charge in [0.25, 0.3) is 0 Å². The second kappa shape index (κ2) is 9.37. The van der Waals surface area contributed by atoms with Crippen molar-refractivity contribution in [2.75, 3.05) is 26.9 Å². The molecule has 1 atom stereocenters. The van der Waals surface area contributed by atoms with Crippen molar-refractivity contribution in [3.8, 4) is 5.75 Å². The Bertz CT molecular complexity index is 411. The molecule has 0 radical (unpaired) electrons. The van der Waals surface area contributed by atoms with Crippen molar-refractivity contribution in [1.29, 1.82) is 0 Å². The van der Waals surface area contributed by atoms with Crippen LogP contribution in [0.4, 0.5) is 0 Å². The summed E-state index contributed by atoms with van der Waals surface area (Å²) in [7, 11) is 1.75. The number of para-hydroxylation sites is 1. The van der Waals surface area contributed by atoms with Crippen molar-refractivity contribution in [2.45, 2.75) is 31.7 Å². The zero-order valence-corrected chi connectivity index (χ0v) is 12.9. The Morgan fingerprint density at radius 1 is 1.19 bits per heavy atom. The van der Waals surface area contributed by atoms with Crippen LogP contribution in [0.3, 0.4) is 0 Å². The zero-order chi connectivity index (χ0) is 15.6. The largest absolute Gasteiger partial charge is 0.491 e. The Morgan fingerprint density at radius 3 is 2.52 bits per heavy atom. The predicted molar refractivity (Wildman–Crippen MR) is 83.3 cm³/mol. The lowest BCUT2D eigenvalue weighted by Crippen LogP contribution is -2.51. The van der Waals surface area contributed by atoms with Gasteiger partial charge in [-0.2, -0.15) is 0 Å².